The number of amides is 2. The summed E-state index contributed by atoms with van der Waals surface area (Å²) in [6.07, 6.45) is 3.50. The zero-order chi connectivity index (χ0) is 31.5. The van der Waals surface area contributed by atoms with Crippen LogP contribution in [0.5, 0.6) is 11.5 Å². The molecule has 3 aromatic rings. The molecule has 0 aromatic heterocycles. The maximum atomic E-state index is 13.6. The van der Waals surface area contributed by atoms with Gasteiger partial charge in [0.1, 0.15) is 17.6 Å². The number of rotatable bonds is 10. The highest BCUT2D eigenvalue weighted by atomic mass is 35.5. The third kappa shape index (κ3) is 6.51. The zero-order valence-corrected chi connectivity index (χ0v) is 25.4. The molecule has 0 aliphatic heterocycles. The Morgan fingerprint density at radius 2 is 1.68 bits per heavy atom. The number of aliphatic carboxylic acids is 1. The first kappa shape index (κ1) is 30.9. The van der Waals surface area contributed by atoms with Crippen molar-refractivity contribution in [1.82, 2.24) is 5.32 Å². The van der Waals surface area contributed by atoms with Gasteiger partial charge in [-0.1, -0.05) is 41.9 Å². The average Bonchev–Trinajstić information content (AvgIpc) is 3.82. The lowest BCUT2D eigenvalue weighted by Crippen LogP contribution is -2.36. The normalized spacial score (nSPS) is 20.1. The molecule has 228 valence electrons. The van der Waals surface area contributed by atoms with E-state index in [0.717, 1.165) is 12.8 Å². The molecule has 2 aliphatic carbocycles. The first-order valence-corrected chi connectivity index (χ1v) is 14.9. The minimum atomic E-state index is -0.839. The van der Waals surface area contributed by atoms with Crippen molar-refractivity contribution in [1.29, 1.82) is 5.26 Å². The molecule has 2 amide bonds. The van der Waals surface area contributed by atoms with Crippen molar-refractivity contribution in [2.24, 2.45) is 5.41 Å². The van der Waals surface area contributed by atoms with Crippen molar-refractivity contribution in [2.75, 3.05) is 19.0 Å². The molecule has 2 saturated carbocycles. The van der Waals surface area contributed by atoms with Crippen molar-refractivity contribution < 1.29 is 29.0 Å². The lowest BCUT2D eigenvalue weighted by molar-refractivity contribution is -0.150. The summed E-state index contributed by atoms with van der Waals surface area (Å²) in [5.41, 5.74) is 1.02. The van der Waals surface area contributed by atoms with Crippen LogP contribution in [-0.2, 0) is 10.2 Å². The van der Waals surface area contributed by atoms with Crippen LogP contribution in [-0.4, -0.2) is 42.6 Å². The van der Waals surface area contributed by atoms with Crippen molar-refractivity contribution in [3.63, 3.8) is 0 Å². The van der Waals surface area contributed by atoms with E-state index in [0.29, 0.717) is 37.3 Å². The van der Waals surface area contributed by atoms with Gasteiger partial charge in [0, 0.05) is 23.0 Å². The van der Waals surface area contributed by atoms with Crippen LogP contribution < -0.4 is 20.1 Å². The highest BCUT2D eigenvalue weighted by Gasteiger charge is 2.44. The number of benzene rings is 3. The maximum absolute atomic E-state index is 13.6. The molecule has 2 aliphatic rings. The van der Waals surface area contributed by atoms with Crippen LogP contribution in [0, 0.1) is 16.7 Å². The summed E-state index contributed by atoms with van der Waals surface area (Å²) in [4.78, 5) is 38.6. The molecule has 0 saturated heterocycles. The van der Waals surface area contributed by atoms with Crippen LogP contribution in [0.1, 0.15) is 77.3 Å². The monoisotopic (exact) mass is 615 g/mol. The number of nitriles is 1. The molecular weight excluding hydrogens is 582 g/mol. The number of carboxylic acids is 1. The molecule has 0 bridgehead atoms. The first-order chi connectivity index (χ1) is 21.1. The van der Waals surface area contributed by atoms with E-state index in [4.69, 9.17) is 21.1 Å². The van der Waals surface area contributed by atoms with Crippen LogP contribution in [0.3, 0.4) is 0 Å². The minimum absolute atomic E-state index is 0.0937. The molecule has 0 spiro atoms. The topological polar surface area (TPSA) is 138 Å². The van der Waals surface area contributed by atoms with E-state index in [2.05, 4.69) is 28.8 Å². The third-order valence-electron chi connectivity index (χ3n) is 8.81. The largest absolute Gasteiger partial charge is 0.496 e. The quantitative estimate of drug-likeness (QED) is 0.242. The molecule has 0 heterocycles. The van der Waals surface area contributed by atoms with Gasteiger partial charge in [0.05, 0.1) is 41.0 Å². The fraction of sp³-hybridized carbons (Fsp3) is 0.353. The Morgan fingerprint density at radius 3 is 2.30 bits per heavy atom. The predicted octanol–water partition coefficient (Wildman–Crippen LogP) is 6.35. The van der Waals surface area contributed by atoms with Crippen LogP contribution in [0.15, 0.2) is 60.7 Å². The fourth-order valence-corrected chi connectivity index (χ4v) is 5.87. The van der Waals surface area contributed by atoms with Gasteiger partial charge in [-0.15, -0.1) is 0 Å². The number of carbonyl (C=O) groups excluding carboxylic acids is 2. The summed E-state index contributed by atoms with van der Waals surface area (Å²) in [6.45, 7) is 2.18. The predicted molar refractivity (Wildman–Crippen MR) is 165 cm³/mol. The van der Waals surface area contributed by atoms with Gasteiger partial charge in [0.15, 0.2) is 0 Å². The number of carboxylic acid groups (broad SMARTS) is 1. The molecule has 0 atom stereocenters. The Bertz CT molecular complexity index is 1620. The standard InChI is InChI=1S/C34H34ClN3O6/c1-33(32(41)42)12-10-24(11-13-33)44-28-18-26(29(43-2)16-21(28)19-36)31(40)38-27-17-23(35)8-9-25(27)30(39)37-20-34(14-15-34)22-6-4-3-5-7-22/h3-9,16-18,24H,10-15,20H2,1-2H3,(H,37,39)(H,38,40)(H,41,42). The Kier molecular flexibility index (Phi) is 8.84. The number of halogens is 1. The molecule has 10 heteroatoms. The number of nitrogens with zero attached hydrogens (tertiary/aromatic N) is 1. The minimum Gasteiger partial charge on any atom is -0.496 e. The number of nitrogens with one attached hydrogen (secondary N) is 2. The van der Waals surface area contributed by atoms with Gasteiger partial charge in [0.2, 0.25) is 0 Å². The van der Waals surface area contributed by atoms with E-state index >= 15 is 0 Å². The summed E-state index contributed by atoms with van der Waals surface area (Å²) in [6, 6.07) is 19.7. The van der Waals surface area contributed by atoms with Crippen molar-refractivity contribution in [3.8, 4) is 17.6 Å². The molecular formula is C34H34ClN3O6. The smallest absolute Gasteiger partial charge is 0.309 e. The van der Waals surface area contributed by atoms with Crippen molar-refractivity contribution in [3.05, 3.63) is 87.9 Å². The van der Waals surface area contributed by atoms with E-state index in [-0.39, 0.29) is 51.3 Å². The van der Waals surface area contributed by atoms with Crippen molar-refractivity contribution in [2.45, 2.75) is 57.0 Å². The second-order valence-corrected chi connectivity index (χ2v) is 12.3. The molecule has 0 unspecified atom stereocenters. The average molecular weight is 616 g/mol. The van der Waals surface area contributed by atoms with Crippen LogP contribution in [0.2, 0.25) is 5.02 Å². The van der Waals surface area contributed by atoms with Gasteiger partial charge in [-0.25, -0.2) is 0 Å². The summed E-state index contributed by atoms with van der Waals surface area (Å²) in [7, 11) is 1.39. The SMILES string of the molecule is COc1cc(C#N)c(OC2CCC(C)(C(=O)O)CC2)cc1C(=O)Nc1cc(Cl)ccc1C(=O)NCC1(c2ccccc2)CC1. The van der Waals surface area contributed by atoms with Gasteiger partial charge in [0.25, 0.3) is 11.8 Å². The molecule has 44 heavy (non-hydrogen) atoms. The van der Waals surface area contributed by atoms with Crippen LogP contribution >= 0.6 is 11.6 Å². The Hall–Kier alpha value is -4.55. The molecule has 9 nitrogen and oxygen atoms in total. The number of anilines is 1. The summed E-state index contributed by atoms with van der Waals surface area (Å²) >= 11 is 6.26. The molecule has 0 radical (unpaired) electrons. The molecule has 5 rings (SSSR count). The van der Waals surface area contributed by atoms with Gasteiger partial charge in [-0.2, -0.15) is 5.26 Å². The fourth-order valence-electron chi connectivity index (χ4n) is 5.69. The Balaban J connectivity index is 1.34. The zero-order valence-electron chi connectivity index (χ0n) is 24.6. The lowest BCUT2D eigenvalue weighted by atomic mass is 9.75. The van der Waals surface area contributed by atoms with E-state index in [1.165, 1.54) is 30.9 Å². The first-order valence-electron chi connectivity index (χ1n) is 14.5. The second kappa shape index (κ2) is 12.6. The highest BCUT2D eigenvalue weighted by molar-refractivity contribution is 6.31. The van der Waals surface area contributed by atoms with Gasteiger partial charge >= 0.3 is 5.97 Å². The van der Waals surface area contributed by atoms with E-state index < -0.39 is 17.3 Å². The van der Waals surface area contributed by atoms with Gasteiger partial charge in [-0.05, 0) is 75.3 Å². The second-order valence-electron chi connectivity index (χ2n) is 11.8. The third-order valence-corrected chi connectivity index (χ3v) is 9.05. The summed E-state index contributed by atoms with van der Waals surface area (Å²) in [5.74, 6) is -1.42. The highest BCUT2D eigenvalue weighted by Crippen LogP contribution is 2.47. The Labute approximate surface area is 261 Å². The number of methoxy groups -OCH3 is 1. The Morgan fingerprint density at radius 1 is 0.977 bits per heavy atom. The van der Waals surface area contributed by atoms with Crippen molar-refractivity contribution >= 4 is 35.1 Å². The maximum Gasteiger partial charge on any atom is 0.309 e. The summed E-state index contributed by atoms with van der Waals surface area (Å²) < 4.78 is 11.6. The summed E-state index contributed by atoms with van der Waals surface area (Å²) in [5, 5.41) is 25.5. The number of ether oxygens (including phenoxy) is 2. The van der Waals surface area contributed by atoms with Crippen LogP contribution in [0.4, 0.5) is 5.69 Å². The number of carbonyl (C=O) groups is 3. The van der Waals surface area contributed by atoms with E-state index in [9.17, 15) is 24.8 Å². The molecule has 2 fully saturated rings. The molecule has 3 aromatic carbocycles. The van der Waals surface area contributed by atoms with Crippen LogP contribution in [0.25, 0.3) is 0 Å². The number of hydrogen-bond acceptors (Lipinski definition) is 6. The van der Waals surface area contributed by atoms with E-state index in [1.807, 2.05) is 18.2 Å². The van der Waals surface area contributed by atoms with Gasteiger partial charge in [-0.3, -0.25) is 14.4 Å². The van der Waals surface area contributed by atoms with E-state index in [1.54, 1.807) is 19.1 Å². The molecule has 3 N–H and O–H groups in total. The number of hydrogen-bond donors (Lipinski definition) is 3. The lowest BCUT2D eigenvalue weighted by Gasteiger charge is -2.34. The van der Waals surface area contributed by atoms with Gasteiger partial charge < -0.3 is 25.2 Å².